The van der Waals surface area contributed by atoms with Crippen LogP contribution in [0.4, 0.5) is 0 Å². The van der Waals surface area contributed by atoms with Crippen LogP contribution in [-0.4, -0.2) is 12.9 Å². The molecule has 0 radical (unpaired) electrons. The highest BCUT2D eigenvalue weighted by atomic mass is 32.7. The second-order valence-corrected chi connectivity index (χ2v) is 4.64. The summed E-state index contributed by atoms with van der Waals surface area (Å²) in [6.07, 6.45) is 1.19. The van der Waals surface area contributed by atoms with Gasteiger partial charge in [-0.05, 0) is 6.66 Å². The molecule has 0 rings (SSSR count). The standard InChI is InChI=1S/CH7BP2S/c1-4-5-2-3/h2,4H,3H2,1H3. The van der Waals surface area contributed by atoms with E-state index in [1.165, 1.54) is 6.28 Å². The van der Waals surface area contributed by atoms with Gasteiger partial charge in [0.1, 0.15) is 0 Å². The maximum absolute atomic E-state index is 2.67. The molecular weight excluding hydrogens is 117 g/mol. The van der Waals surface area contributed by atoms with Crippen molar-refractivity contribution >= 4 is 34.4 Å². The van der Waals surface area contributed by atoms with E-state index in [1.807, 2.05) is 11.2 Å². The molecule has 0 saturated heterocycles. The highest BCUT2D eigenvalue weighted by Crippen LogP contribution is 2.23. The second kappa shape index (κ2) is 5.27. The fourth-order valence-electron chi connectivity index (χ4n) is 0.0833. The summed E-state index contributed by atoms with van der Waals surface area (Å²) >= 11 is 1.95. The van der Waals surface area contributed by atoms with Gasteiger partial charge >= 0.3 is 0 Å². The van der Waals surface area contributed by atoms with Crippen LogP contribution in [-0.2, 0) is 0 Å². The topological polar surface area (TPSA) is 0 Å². The third kappa shape index (κ3) is 5.27. The molecule has 0 heterocycles. The average Bonchev–Trinajstić information content (AvgIpc) is 1.41. The molecule has 0 aromatic rings. The third-order valence-electron chi connectivity index (χ3n) is 0.228. The van der Waals surface area contributed by atoms with E-state index < -0.39 is 0 Å². The first kappa shape index (κ1) is 6.27. The molecule has 0 saturated carbocycles. The van der Waals surface area contributed by atoms with E-state index in [-0.39, 0.29) is 0 Å². The average molecular weight is 124 g/mol. The van der Waals surface area contributed by atoms with Gasteiger partial charge in [0.25, 0.3) is 0 Å². The lowest BCUT2D eigenvalue weighted by Gasteiger charge is -1.78. The van der Waals surface area contributed by atoms with Gasteiger partial charge in [-0.3, -0.25) is 0 Å². The first-order valence-electron chi connectivity index (χ1n) is 1.40. The van der Waals surface area contributed by atoms with Gasteiger partial charge in [0, 0.05) is 0 Å². The largest absolute Gasteiger partial charge is 0.219 e. The van der Waals surface area contributed by atoms with E-state index in [4.69, 9.17) is 0 Å². The molecule has 0 aliphatic carbocycles. The van der Waals surface area contributed by atoms with E-state index in [2.05, 4.69) is 15.8 Å². The molecule has 0 bridgehead atoms. The molecular formula is CH7BP2S. The van der Waals surface area contributed by atoms with Gasteiger partial charge in [0.15, 0.2) is 0 Å². The van der Waals surface area contributed by atoms with Crippen molar-refractivity contribution in [2.24, 2.45) is 0 Å². The highest BCUT2D eigenvalue weighted by Gasteiger charge is 1.70. The molecule has 30 valence electrons. The zero-order valence-corrected chi connectivity index (χ0v) is 6.16. The van der Waals surface area contributed by atoms with Crippen LogP contribution in [0.5, 0.6) is 0 Å². The molecule has 0 spiro atoms. The highest BCUT2D eigenvalue weighted by molar-refractivity contribution is 8.66. The summed E-state index contributed by atoms with van der Waals surface area (Å²) in [5.41, 5.74) is 0. The molecule has 4 heteroatoms. The van der Waals surface area contributed by atoms with E-state index in [1.54, 1.807) is 0 Å². The van der Waals surface area contributed by atoms with Gasteiger partial charge in [-0.1, -0.05) is 7.78 Å². The van der Waals surface area contributed by atoms with Crippen molar-refractivity contribution in [1.29, 1.82) is 0 Å². The van der Waals surface area contributed by atoms with Crippen LogP contribution < -0.4 is 0 Å². The van der Waals surface area contributed by atoms with Crippen LogP contribution in [0.25, 0.3) is 0 Å². The van der Waals surface area contributed by atoms with Crippen LogP contribution in [0.3, 0.4) is 0 Å². The molecule has 0 aliphatic rings. The lowest BCUT2D eigenvalue weighted by molar-refractivity contribution is 2.51. The summed E-state index contributed by atoms with van der Waals surface area (Å²) in [7, 11) is 3.72. The molecule has 2 atom stereocenters. The van der Waals surface area contributed by atoms with Crippen LogP contribution in [0.1, 0.15) is 0 Å². The summed E-state index contributed by atoms with van der Waals surface area (Å²) in [5, 5.41) is 0. The van der Waals surface area contributed by atoms with Gasteiger partial charge in [0.2, 0.25) is 6.28 Å². The Kier molecular flexibility index (Phi) is 6.62. The van der Waals surface area contributed by atoms with Crippen molar-refractivity contribution in [3.8, 4) is 0 Å². The van der Waals surface area contributed by atoms with Crippen molar-refractivity contribution in [1.82, 2.24) is 0 Å². The maximum Gasteiger partial charge on any atom is 0.219 e. The van der Waals surface area contributed by atoms with Gasteiger partial charge in [-0.25, -0.2) is 0 Å². The molecule has 5 heavy (non-hydrogen) atoms. The molecule has 0 N–H and O–H groups in total. The van der Waals surface area contributed by atoms with Crippen molar-refractivity contribution < 1.29 is 0 Å². The Labute approximate surface area is 41.7 Å². The Morgan fingerprint density at radius 1 is 2.00 bits per heavy atom. The fourth-order valence-corrected chi connectivity index (χ4v) is 2.25. The second-order valence-electron chi connectivity index (χ2n) is 0.515. The predicted molar refractivity (Wildman–Crippen MR) is 38.7 cm³/mol. The normalized spacial score (nSPS) is 10.0. The zero-order chi connectivity index (χ0) is 4.12. The minimum atomic E-state index is 1.05. The summed E-state index contributed by atoms with van der Waals surface area (Å²) in [6, 6.07) is 0. The van der Waals surface area contributed by atoms with Crippen molar-refractivity contribution in [3.63, 3.8) is 0 Å². The number of hydrogen-bond donors (Lipinski definition) is 0. The summed E-state index contributed by atoms with van der Waals surface area (Å²) in [6.45, 7) is 2.19. The number of hydrogen-bond acceptors (Lipinski definition) is 1. The first-order valence-corrected chi connectivity index (χ1v) is 5.43. The molecule has 0 aliphatic heterocycles. The molecule has 0 aromatic carbocycles. The van der Waals surface area contributed by atoms with E-state index >= 15 is 0 Å². The van der Waals surface area contributed by atoms with Crippen LogP contribution in [0.2, 0.25) is 0 Å². The quantitative estimate of drug-likeness (QED) is 0.392. The Hall–Kier alpha value is 1.27. The lowest BCUT2D eigenvalue weighted by Crippen LogP contribution is -1.48. The van der Waals surface area contributed by atoms with Gasteiger partial charge in [-0.15, -0.1) is 0 Å². The smallest absolute Gasteiger partial charge is 0.185 e. The lowest BCUT2D eigenvalue weighted by atomic mass is 10.7. The molecule has 0 fully saturated rings. The van der Waals surface area contributed by atoms with Crippen molar-refractivity contribution in [2.75, 3.05) is 6.66 Å². The van der Waals surface area contributed by atoms with E-state index in [9.17, 15) is 0 Å². The van der Waals surface area contributed by atoms with Crippen LogP contribution >= 0.6 is 28.1 Å². The minimum Gasteiger partial charge on any atom is -0.185 e. The zero-order valence-electron chi connectivity index (χ0n) is 3.19. The van der Waals surface area contributed by atoms with Crippen molar-refractivity contribution in [3.05, 3.63) is 0 Å². The Balaban J connectivity index is 2.19. The monoisotopic (exact) mass is 124 g/mol. The minimum absolute atomic E-state index is 1.05. The summed E-state index contributed by atoms with van der Waals surface area (Å²) in [5.74, 6) is 0. The molecule has 0 nitrogen and oxygen atoms in total. The SMILES string of the molecule is CPSBP. The van der Waals surface area contributed by atoms with E-state index in [0.29, 0.717) is 0 Å². The van der Waals surface area contributed by atoms with E-state index in [0.717, 1.165) is 7.78 Å². The summed E-state index contributed by atoms with van der Waals surface area (Å²) in [4.78, 5) is 0. The molecule has 2 unspecified atom stereocenters. The maximum atomic E-state index is 2.67. The Bertz CT molecular complexity index is 17.1. The molecule has 0 amide bonds. The van der Waals surface area contributed by atoms with Crippen LogP contribution in [0.15, 0.2) is 0 Å². The number of rotatable bonds is 2. The van der Waals surface area contributed by atoms with Crippen molar-refractivity contribution in [2.45, 2.75) is 0 Å². The molecule has 0 aromatic heterocycles. The van der Waals surface area contributed by atoms with Gasteiger partial charge in [0.05, 0.1) is 0 Å². The Morgan fingerprint density at radius 2 is 2.60 bits per heavy atom. The Morgan fingerprint density at radius 3 is 2.60 bits per heavy atom. The van der Waals surface area contributed by atoms with Gasteiger partial charge in [-0.2, -0.15) is 20.4 Å². The summed E-state index contributed by atoms with van der Waals surface area (Å²) < 4.78 is 0. The predicted octanol–water partition coefficient (Wildman–Crippen LogP) is 1.08. The fraction of sp³-hybridized carbons (Fsp3) is 1.00. The first-order chi connectivity index (χ1) is 2.41. The third-order valence-corrected chi connectivity index (χ3v) is 3.55. The van der Waals surface area contributed by atoms with Gasteiger partial charge < -0.3 is 0 Å². The van der Waals surface area contributed by atoms with Crippen LogP contribution in [0, 0.1) is 0 Å².